The zero-order valence-corrected chi connectivity index (χ0v) is 13.6. The quantitative estimate of drug-likeness (QED) is 0.386. The molecular formula is C15H18O9. The molecule has 1 rings (SSSR count). The van der Waals surface area contributed by atoms with Crippen molar-refractivity contribution in [1.29, 1.82) is 0 Å². The summed E-state index contributed by atoms with van der Waals surface area (Å²) in [7, 11) is 0. The van der Waals surface area contributed by atoms with E-state index in [0.717, 1.165) is 27.7 Å². The van der Waals surface area contributed by atoms with Gasteiger partial charge in [-0.25, -0.2) is 0 Å². The van der Waals surface area contributed by atoms with E-state index in [1.807, 2.05) is 0 Å². The van der Waals surface area contributed by atoms with Crippen molar-refractivity contribution in [3.8, 4) is 12.3 Å². The van der Waals surface area contributed by atoms with Gasteiger partial charge in [-0.05, 0) is 0 Å². The van der Waals surface area contributed by atoms with Crippen molar-refractivity contribution in [3.05, 3.63) is 0 Å². The normalized spacial score (nSPS) is 28.9. The Hall–Kier alpha value is -2.60. The third-order valence-corrected chi connectivity index (χ3v) is 2.85. The summed E-state index contributed by atoms with van der Waals surface area (Å²) >= 11 is 0. The molecule has 0 saturated carbocycles. The predicted octanol–water partition coefficient (Wildman–Crippen LogP) is -0.297. The number of hydrogen-bond donors (Lipinski definition) is 0. The molecule has 0 bridgehead atoms. The summed E-state index contributed by atoms with van der Waals surface area (Å²) in [5.41, 5.74) is 0. The lowest BCUT2D eigenvalue weighted by Crippen LogP contribution is -2.61. The molecule has 0 aromatic rings. The number of hydrogen-bond acceptors (Lipinski definition) is 9. The Morgan fingerprint density at radius 2 is 1.17 bits per heavy atom. The third kappa shape index (κ3) is 5.24. The maximum absolute atomic E-state index is 11.4. The fourth-order valence-corrected chi connectivity index (χ4v) is 2.17. The maximum atomic E-state index is 11.4. The Kier molecular flexibility index (Phi) is 6.73. The molecule has 5 atom stereocenters. The highest BCUT2D eigenvalue weighted by molar-refractivity contribution is 5.69. The van der Waals surface area contributed by atoms with Crippen molar-refractivity contribution in [2.75, 3.05) is 0 Å². The molecule has 9 heteroatoms. The first-order chi connectivity index (χ1) is 11.1. The van der Waals surface area contributed by atoms with E-state index in [1.54, 1.807) is 0 Å². The molecule has 1 saturated heterocycles. The predicted molar refractivity (Wildman–Crippen MR) is 75.9 cm³/mol. The summed E-state index contributed by atoms with van der Waals surface area (Å²) < 4.78 is 25.5. The Morgan fingerprint density at radius 3 is 1.58 bits per heavy atom. The van der Waals surface area contributed by atoms with Crippen LogP contribution in [0.5, 0.6) is 0 Å². The van der Waals surface area contributed by atoms with Gasteiger partial charge in [-0.2, -0.15) is 0 Å². The van der Waals surface area contributed by atoms with Gasteiger partial charge in [0.25, 0.3) is 0 Å². The summed E-state index contributed by atoms with van der Waals surface area (Å²) in [6.45, 7) is 4.44. The largest absolute Gasteiger partial charge is 0.455 e. The van der Waals surface area contributed by atoms with Crippen molar-refractivity contribution in [3.63, 3.8) is 0 Å². The molecule has 0 aliphatic carbocycles. The average molecular weight is 342 g/mol. The smallest absolute Gasteiger partial charge is 0.305 e. The minimum Gasteiger partial charge on any atom is -0.455 e. The lowest BCUT2D eigenvalue weighted by atomic mass is 9.98. The van der Waals surface area contributed by atoms with Crippen LogP contribution in [0.1, 0.15) is 27.7 Å². The Labute approximate surface area is 138 Å². The van der Waals surface area contributed by atoms with E-state index in [1.165, 1.54) is 0 Å². The minimum absolute atomic E-state index is 0.714. The second-order valence-electron chi connectivity index (χ2n) is 4.92. The number of carbonyl (C=O) groups is 4. The summed E-state index contributed by atoms with van der Waals surface area (Å²) in [6, 6.07) is 0. The van der Waals surface area contributed by atoms with Crippen LogP contribution in [0.4, 0.5) is 0 Å². The maximum Gasteiger partial charge on any atom is 0.305 e. The van der Waals surface area contributed by atoms with Gasteiger partial charge in [0.2, 0.25) is 12.4 Å². The zero-order chi connectivity index (χ0) is 18.4. The summed E-state index contributed by atoms with van der Waals surface area (Å²) in [5.74, 6) is -0.726. The highest BCUT2D eigenvalue weighted by Gasteiger charge is 2.52. The van der Waals surface area contributed by atoms with Crippen LogP contribution in [0.15, 0.2) is 0 Å². The van der Waals surface area contributed by atoms with E-state index >= 15 is 0 Å². The van der Waals surface area contributed by atoms with Crippen LogP contribution in [0.3, 0.4) is 0 Å². The van der Waals surface area contributed by atoms with Crippen LogP contribution in [-0.2, 0) is 42.9 Å². The lowest BCUT2D eigenvalue weighted by Gasteiger charge is -2.42. The van der Waals surface area contributed by atoms with Gasteiger partial charge in [0.15, 0.2) is 18.3 Å². The topological polar surface area (TPSA) is 114 Å². The molecule has 1 aliphatic heterocycles. The minimum atomic E-state index is -1.43. The molecule has 24 heavy (non-hydrogen) atoms. The van der Waals surface area contributed by atoms with E-state index < -0.39 is 54.6 Å². The van der Waals surface area contributed by atoms with Gasteiger partial charge >= 0.3 is 23.9 Å². The summed E-state index contributed by atoms with van der Waals surface area (Å²) in [5, 5.41) is 0. The monoisotopic (exact) mass is 342 g/mol. The van der Waals surface area contributed by atoms with Crippen LogP contribution in [-0.4, -0.2) is 54.6 Å². The first-order valence-corrected chi connectivity index (χ1v) is 6.96. The van der Waals surface area contributed by atoms with Crippen molar-refractivity contribution in [1.82, 2.24) is 0 Å². The van der Waals surface area contributed by atoms with Crippen LogP contribution in [0.2, 0.25) is 0 Å². The molecule has 1 aliphatic rings. The highest BCUT2D eigenvalue weighted by atomic mass is 16.7. The third-order valence-electron chi connectivity index (χ3n) is 2.85. The van der Waals surface area contributed by atoms with E-state index in [0.29, 0.717) is 0 Å². The van der Waals surface area contributed by atoms with Crippen LogP contribution >= 0.6 is 0 Å². The van der Waals surface area contributed by atoms with Crippen molar-refractivity contribution < 1.29 is 42.9 Å². The van der Waals surface area contributed by atoms with Gasteiger partial charge in [0.05, 0.1) is 0 Å². The summed E-state index contributed by atoms with van der Waals surface area (Å²) in [6.07, 6.45) is -1.18. The first kappa shape index (κ1) is 19.4. The van der Waals surface area contributed by atoms with Gasteiger partial charge < -0.3 is 23.7 Å². The molecule has 0 aromatic carbocycles. The second-order valence-corrected chi connectivity index (χ2v) is 4.92. The SMILES string of the molecule is C#C[C@@H]1OC(OC(C)=O)[C@@H](OC(C)=O)[C@H](OC(C)=O)[C@@H]1OC(C)=O. The Morgan fingerprint density at radius 1 is 0.750 bits per heavy atom. The molecule has 132 valence electrons. The zero-order valence-electron chi connectivity index (χ0n) is 13.6. The molecule has 0 radical (unpaired) electrons. The lowest BCUT2D eigenvalue weighted by molar-refractivity contribution is -0.286. The molecule has 1 unspecified atom stereocenters. The molecule has 0 N–H and O–H groups in total. The van der Waals surface area contributed by atoms with Gasteiger partial charge in [-0.1, -0.05) is 5.92 Å². The number of carbonyl (C=O) groups excluding carboxylic acids is 4. The average Bonchev–Trinajstić information content (AvgIpc) is 2.42. The molecule has 9 nitrogen and oxygen atoms in total. The number of esters is 4. The van der Waals surface area contributed by atoms with Gasteiger partial charge in [0, 0.05) is 27.7 Å². The molecular weight excluding hydrogens is 324 g/mol. The van der Waals surface area contributed by atoms with Crippen molar-refractivity contribution >= 4 is 23.9 Å². The van der Waals surface area contributed by atoms with E-state index in [9.17, 15) is 19.2 Å². The molecule has 0 amide bonds. The van der Waals surface area contributed by atoms with E-state index in [4.69, 9.17) is 30.1 Å². The van der Waals surface area contributed by atoms with E-state index in [2.05, 4.69) is 5.92 Å². The first-order valence-electron chi connectivity index (χ1n) is 6.96. The molecule has 1 heterocycles. The van der Waals surface area contributed by atoms with E-state index in [-0.39, 0.29) is 0 Å². The molecule has 0 spiro atoms. The number of terminal acetylenes is 1. The number of rotatable bonds is 4. The summed E-state index contributed by atoms with van der Waals surface area (Å²) in [4.78, 5) is 45.3. The van der Waals surface area contributed by atoms with Crippen molar-refractivity contribution in [2.45, 2.75) is 58.4 Å². The van der Waals surface area contributed by atoms with Crippen LogP contribution < -0.4 is 0 Å². The fourth-order valence-electron chi connectivity index (χ4n) is 2.17. The van der Waals surface area contributed by atoms with Gasteiger partial charge in [-0.3, -0.25) is 19.2 Å². The molecule has 0 aromatic heterocycles. The second kappa shape index (κ2) is 8.31. The fraction of sp³-hybridized carbons (Fsp3) is 0.600. The number of ether oxygens (including phenoxy) is 5. The van der Waals surface area contributed by atoms with Crippen LogP contribution in [0, 0.1) is 12.3 Å². The van der Waals surface area contributed by atoms with Gasteiger partial charge in [-0.15, -0.1) is 6.42 Å². The highest BCUT2D eigenvalue weighted by Crippen LogP contribution is 2.29. The van der Waals surface area contributed by atoms with Crippen molar-refractivity contribution in [2.24, 2.45) is 0 Å². The van der Waals surface area contributed by atoms with Gasteiger partial charge in [0.1, 0.15) is 0 Å². The van der Waals surface area contributed by atoms with Crippen LogP contribution in [0.25, 0.3) is 0 Å². The Balaban J connectivity index is 3.26. The molecule has 1 fully saturated rings. The standard InChI is InChI=1S/C15H18O9/c1-6-11-12(20-7(2)16)13(21-8(3)17)14(22-9(4)18)15(24-11)23-10(5)19/h1,11-15H,2-5H3/t11-,12+,13+,14-,15?/m0/s1. The Bertz CT molecular complexity index is 562.